The minimum Gasteiger partial charge on any atom is -0.421 e. The molecule has 5 rings (SSSR count). The topological polar surface area (TPSA) is 130 Å². The maximum atomic E-state index is 15.4. The van der Waals surface area contributed by atoms with Gasteiger partial charge in [0.1, 0.15) is 17.8 Å². The summed E-state index contributed by atoms with van der Waals surface area (Å²) >= 11 is 0. The Morgan fingerprint density at radius 3 is 2.55 bits per heavy atom. The molecular formula is C29H26FN7O3. The molecule has 10 nitrogen and oxygen atoms in total. The van der Waals surface area contributed by atoms with Crippen molar-refractivity contribution in [1.29, 1.82) is 0 Å². The van der Waals surface area contributed by atoms with Crippen molar-refractivity contribution in [2.75, 3.05) is 18.2 Å². The predicted molar refractivity (Wildman–Crippen MR) is 150 cm³/mol. The summed E-state index contributed by atoms with van der Waals surface area (Å²) in [4.78, 5) is 28.9. The van der Waals surface area contributed by atoms with Crippen molar-refractivity contribution in [2.45, 2.75) is 13.5 Å². The fraction of sp³-hybridized carbons (Fsp3) is 0.138. The molecule has 0 radical (unpaired) electrons. The van der Waals surface area contributed by atoms with Gasteiger partial charge in [-0.25, -0.2) is 19.3 Å². The molecule has 2 aromatic carbocycles. The van der Waals surface area contributed by atoms with E-state index in [0.717, 1.165) is 11.3 Å². The number of carbonyl (C=O) groups excluding carboxylic acids is 1. The van der Waals surface area contributed by atoms with Gasteiger partial charge in [0.25, 0.3) is 5.91 Å². The van der Waals surface area contributed by atoms with Crippen LogP contribution in [0.4, 0.5) is 15.9 Å². The van der Waals surface area contributed by atoms with E-state index < -0.39 is 5.82 Å². The first-order chi connectivity index (χ1) is 19.3. The minimum atomic E-state index is -0.616. The molecule has 40 heavy (non-hydrogen) atoms. The summed E-state index contributed by atoms with van der Waals surface area (Å²) in [7, 11) is 3.40. The number of methoxy groups -OCH3 is 1. The lowest BCUT2D eigenvalue weighted by atomic mass is 9.98. The van der Waals surface area contributed by atoms with Gasteiger partial charge in [-0.2, -0.15) is 4.98 Å². The minimum absolute atomic E-state index is 0.00326. The number of fused-ring (bicyclic) bond motifs is 1. The summed E-state index contributed by atoms with van der Waals surface area (Å²) in [5.41, 5.74) is 11.2. The highest BCUT2D eigenvalue weighted by Crippen LogP contribution is 2.42. The molecule has 0 aliphatic heterocycles. The number of anilines is 2. The number of carbonyl (C=O) groups is 1. The second-order valence-electron chi connectivity index (χ2n) is 9.06. The van der Waals surface area contributed by atoms with Gasteiger partial charge in [0, 0.05) is 37.2 Å². The summed E-state index contributed by atoms with van der Waals surface area (Å²) in [6.07, 6.45) is 2.90. The number of aryl methyl sites for hydroxylation is 1. The van der Waals surface area contributed by atoms with Crippen molar-refractivity contribution >= 4 is 28.4 Å². The molecule has 1 amide bonds. The van der Waals surface area contributed by atoms with Crippen LogP contribution in [0.2, 0.25) is 0 Å². The molecule has 3 N–H and O–H groups in total. The Labute approximate surface area is 229 Å². The molecule has 3 aromatic heterocycles. The number of nitrogens with two attached hydrogens (primary N) is 1. The number of nitrogen functional groups attached to an aromatic ring is 1. The number of halogens is 1. The zero-order valence-corrected chi connectivity index (χ0v) is 22.1. The number of aromatic nitrogens is 5. The molecule has 0 saturated carbocycles. The Kier molecular flexibility index (Phi) is 7.21. The fourth-order valence-electron chi connectivity index (χ4n) is 4.33. The van der Waals surface area contributed by atoms with E-state index in [9.17, 15) is 4.79 Å². The number of ether oxygens (including phenoxy) is 2. The third kappa shape index (κ3) is 5.09. The molecule has 0 fully saturated rings. The molecule has 0 saturated heterocycles. The van der Waals surface area contributed by atoms with Crippen LogP contribution in [0.1, 0.15) is 12.6 Å². The molecule has 0 bridgehead atoms. The van der Waals surface area contributed by atoms with Crippen LogP contribution in [0, 0.1) is 5.82 Å². The van der Waals surface area contributed by atoms with Crippen LogP contribution in [0.5, 0.6) is 11.8 Å². The Morgan fingerprint density at radius 2 is 1.85 bits per heavy atom. The van der Waals surface area contributed by atoms with E-state index >= 15 is 4.39 Å². The van der Waals surface area contributed by atoms with Crippen molar-refractivity contribution in [3.05, 3.63) is 84.7 Å². The van der Waals surface area contributed by atoms with E-state index in [0.29, 0.717) is 39.1 Å². The molecule has 0 aliphatic rings. The quantitative estimate of drug-likeness (QED) is 0.255. The molecular weight excluding hydrogens is 513 g/mol. The van der Waals surface area contributed by atoms with Crippen molar-refractivity contribution in [3.63, 3.8) is 0 Å². The average Bonchev–Trinajstić information content (AvgIpc) is 3.24. The third-order valence-corrected chi connectivity index (χ3v) is 6.21. The second kappa shape index (κ2) is 10.9. The van der Waals surface area contributed by atoms with Crippen LogP contribution in [0.3, 0.4) is 0 Å². The first-order valence-electron chi connectivity index (χ1n) is 12.2. The van der Waals surface area contributed by atoms with Crippen LogP contribution >= 0.6 is 0 Å². The smallest absolute Gasteiger partial charge is 0.322 e. The maximum absolute atomic E-state index is 15.4. The predicted octanol–water partition coefficient (Wildman–Crippen LogP) is 5.27. The van der Waals surface area contributed by atoms with E-state index in [1.165, 1.54) is 24.7 Å². The summed E-state index contributed by atoms with van der Waals surface area (Å²) < 4.78 is 28.0. The number of nitrogens with one attached hydrogen (secondary N) is 1. The van der Waals surface area contributed by atoms with E-state index in [2.05, 4.69) is 31.8 Å². The first-order valence-corrected chi connectivity index (χ1v) is 12.2. The molecule has 3 heterocycles. The highest BCUT2D eigenvalue weighted by molar-refractivity contribution is 6.08. The Hall–Kier alpha value is -5.16. The number of benzene rings is 2. The number of nitrogens with zero attached hydrogens (tertiary/aromatic N) is 5. The zero-order valence-electron chi connectivity index (χ0n) is 22.1. The van der Waals surface area contributed by atoms with E-state index in [-0.39, 0.29) is 30.1 Å². The molecule has 11 heteroatoms. The zero-order chi connectivity index (χ0) is 28.4. The van der Waals surface area contributed by atoms with Crippen molar-refractivity contribution in [1.82, 2.24) is 24.5 Å². The molecule has 5 aromatic rings. The molecule has 0 unspecified atom stereocenters. The number of hydrogen-bond acceptors (Lipinski definition) is 8. The van der Waals surface area contributed by atoms with Gasteiger partial charge in [-0.05, 0) is 48.4 Å². The summed E-state index contributed by atoms with van der Waals surface area (Å²) in [6, 6.07) is 13.6. The summed E-state index contributed by atoms with van der Waals surface area (Å²) in [6.45, 7) is 5.57. The SMILES string of the molecule is C=C(C)C(=O)Nc1ccc(-c2c(-c3ccc(Oc4nccc(COC)n4)c(F)c3)c3c(N)ncnc3n2C)cc1. The number of rotatable bonds is 8. The standard InChI is InChI=1S/C29H26FN7O3/c1-16(2)28(38)35-19-8-5-17(6-9-19)25-23(24-26(31)33-15-34-27(24)37(25)3)18-7-10-22(21(30)13-18)40-29-32-12-11-20(36-29)14-39-4/h5-13,15H,1,14H2,2-4H3,(H,35,38)(H2,31,33,34). The van der Waals surface area contributed by atoms with Crippen LogP contribution in [0.15, 0.2) is 73.2 Å². The highest BCUT2D eigenvalue weighted by atomic mass is 19.1. The van der Waals surface area contributed by atoms with Crippen molar-refractivity contribution in [2.24, 2.45) is 7.05 Å². The van der Waals surface area contributed by atoms with Gasteiger partial charge in [0.05, 0.1) is 23.4 Å². The van der Waals surface area contributed by atoms with Crippen LogP contribution in [-0.4, -0.2) is 37.5 Å². The lowest BCUT2D eigenvalue weighted by Gasteiger charge is -2.12. The average molecular weight is 540 g/mol. The van der Waals surface area contributed by atoms with E-state index in [1.54, 1.807) is 38.3 Å². The third-order valence-electron chi connectivity index (χ3n) is 6.21. The monoisotopic (exact) mass is 539 g/mol. The summed E-state index contributed by atoms with van der Waals surface area (Å²) in [5, 5.41) is 3.38. The van der Waals surface area contributed by atoms with Crippen molar-refractivity contribution < 1.29 is 18.7 Å². The van der Waals surface area contributed by atoms with Gasteiger partial charge < -0.3 is 25.1 Å². The maximum Gasteiger partial charge on any atom is 0.322 e. The number of hydrogen-bond donors (Lipinski definition) is 2. The normalized spacial score (nSPS) is 11.0. The number of amides is 1. The van der Waals surface area contributed by atoms with E-state index in [1.807, 2.05) is 23.7 Å². The van der Waals surface area contributed by atoms with E-state index in [4.69, 9.17) is 15.2 Å². The molecule has 0 aliphatic carbocycles. The lowest BCUT2D eigenvalue weighted by Crippen LogP contribution is -2.11. The first kappa shape index (κ1) is 26.4. The second-order valence-corrected chi connectivity index (χ2v) is 9.06. The summed E-state index contributed by atoms with van der Waals surface area (Å²) in [5.74, 6) is -0.664. The Balaban J connectivity index is 1.58. The molecule has 0 atom stereocenters. The molecule has 202 valence electrons. The lowest BCUT2D eigenvalue weighted by molar-refractivity contribution is -0.112. The fourth-order valence-corrected chi connectivity index (χ4v) is 4.33. The van der Waals surface area contributed by atoms with Gasteiger partial charge in [-0.3, -0.25) is 4.79 Å². The Bertz CT molecular complexity index is 1750. The largest absolute Gasteiger partial charge is 0.421 e. The van der Waals surface area contributed by atoms with Crippen LogP contribution in [0.25, 0.3) is 33.4 Å². The van der Waals surface area contributed by atoms with Gasteiger partial charge in [-0.15, -0.1) is 0 Å². The van der Waals surface area contributed by atoms with Gasteiger partial charge in [0.15, 0.2) is 11.6 Å². The van der Waals surface area contributed by atoms with Gasteiger partial charge in [-0.1, -0.05) is 24.8 Å². The van der Waals surface area contributed by atoms with Crippen LogP contribution < -0.4 is 15.8 Å². The van der Waals surface area contributed by atoms with Gasteiger partial charge in [0.2, 0.25) is 0 Å². The van der Waals surface area contributed by atoms with Gasteiger partial charge >= 0.3 is 6.01 Å². The van der Waals surface area contributed by atoms with Crippen LogP contribution in [-0.2, 0) is 23.2 Å². The van der Waals surface area contributed by atoms with Crippen molar-refractivity contribution in [3.8, 4) is 34.1 Å². The highest BCUT2D eigenvalue weighted by Gasteiger charge is 2.23. The molecule has 0 spiro atoms. The Morgan fingerprint density at radius 1 is 1.10 bits per heavy atom.